The second-order valence-electron chi connectivity index (χ2n) is 3.32. The molecule has 1 fully saturated rings. The molecule has 1 aliphatic rings. The number of β-amino-alcohol motifs (C(OH)–C–C–N with tert-alkyl or cyclic N) is 1. The van der Waals surface area contributed by atoms with Gasteiger partial charge < -0.3 is 15.3 Å². The van der Waals surface area contributed by atoms with Crippen LogP contribution in [0.4, 0.5) is 0 Å². The summed E-state index contributed by atoms with van der Waals surface area (Å²) in [6.45, 7) is 2.81. The van der Waals surface area contributed by atoms with Crippen molar-refractivity contribution in [2.24, 2.45) is 0 Å². The number of aliphatic hydroxyl groups is 1. The number of nitrogens with zero attached hydrogens (tertiary/aromatic N) is 1. The fourth-order valence-corrected chi connectivity index (χ4v) is 1.97. The molecule has 7 nitrogen and oxygen atoms in total. The van der Waals surface area contributed by atoms with E-state index in [-0.39, 0.29) is 41.6 Å². The second-order valence-corrected chi connectivity index (χ2v) is 4.81. The first-order valence-electron chi connectivity index (χ1n) is 4.41. The van der Waals surface area contributed by atoms with Gasteiger partial charge in [-0.05, 0) is 0 Å². The third-order valence-corrected chi connectivity index (χ3v) is 2.78. The van der Waals surface area contributed by atoms with Crippen LogP contribution in [0.3, 0.4) is 0 Å². The Morgan fingerprint density at radius 2 is 1.81 bits per heavy atom. The Morgan fingerprint density at radius 3 is 2.25 bits per heavy atom. The molecule has 1 rings (SSSR count). The first kappa shape index (κ1) is 19.1. The molecule has 1 saturated heterocycles. The third-order valence-electron chi connectivity index (χ3n) is 1.98. The van der Waals surface area contributed by atoms with Gasteiger partial charge in [-0.1, -0.05) is 0 Å². The SMILES string of the molecule is O=S(=O)(O)CC(O)CN1CCOCC1.[Na+].[OH-]. The summed E-state index contributed by atoms with van der Waals surface area (Å²) in [5.74, 6) is -0.607. The van der Waals surface area contributed by atoms with E-state index in [1.165, 1.54) is 0 Å². The van der Waals surface area contributed by atoms with Crippen LogP contribution in [-0.4, -0.2) is 73.2 Å². The molecule has 1 atom stereocenters. The van der Waals surface area contributed by atoms with Gasteiger partial charge in [-0.3, -0.25) is 9.45 Å². The van der Waals surface area contributed by atoms with Gasteiger partial charge in [0.1, 0.15) is 5.75 Å². The van der Waals surface area contributed by atoms with Gasteiger partial charge in [-0.15, -0.1) is 0 Å². The summed E-state index contributed by atoms with van der Waals surface area (Å²) in [4.78, 5) is 1.90. The summed E-state index contributed by atoms with van der Waals surface area (Å²) < 4.78 is 34.4. The summed E-state index contributed by atoms with van der Waals surface area (Å²) in [7, 11) is -4.08. The van der Waals surface area contributed by atoms with Crippen molar-refractivity contribution < 1.29 is 57.8 Å². The first-order chi connectivity index (χ1) is 6.47. The normalized spacial score (nSPS) is 19.4. The van der Waals surface area contributed by atoms with E-state index in [1.54, 1.807) is 0 Å². The number of hydrogen-bond donors (Lipinski definition) is 2. The molecular weight excluding hydrogens is 249 g/mol. The zero-order valence-electron chi connectivity index (χ0n) is 9.24. The maximum Gasteiger partial charge on any atom is 1.00 e. The fourth-order valence-electron chi connectivity index (χ4n) is 1.38. The van der Waals surface area contributed by atoms with Gasteiger partial charge >= 0.3 is 29.6 Å². The first-order valence-corrected chi connectivity index (χ1v) is 6.01. The van der Waals surface area contributed by atoms with E-state index < -0.39 is 22.0 Å². The van der Waals surface area contributed by atoms with Crippen molar-refractivity contribution in [2.45, 2.75) is 6.10 Å². The Kier molecular flexibility index (Phi) is 10.5. The smallest absolute Gasteiger partial charge is 0.870 e. The van der Waals surface area contributed by atoms with Crippen LogP contribution in [0.2, 0.25) is 0 Å². The molecule has 0 aromatic heterocycles. The van der Waals surface area contributed by atoms with E-state index in [1.807, 2.05) is 4.90 Å². The van der Waals surface area contributed by atoms with Gasteiger partial charge in [0, 0.05) is 19.6 Å². The number of ether oxygens (including phenoxy) is 1. The number of hydrogen-bond acceptors (Lipinski definition) is 6. The fraction of sp³-hybridized carbons (Fsp3) is 1.00. The van der Waals surface area contributed by atoms with Gasteiger partial charge in [-0.2, -0.15) is 8.42 Å². The molecule has 0 saturated carbocycles. The molecule has 0 bridgehead atoms. The van der Waals surface area contributed by atoms with E-state index in [2.05, 4.69) is 0 Å². The summed E-state index contributed by atoms with van der Waals surface area (Å²) in [6.07, 6.45) is -1.04. The van der Waals surface area contributed by atoms with Crippen LogP contribution < -0.4 is 29.6 Å². The quantitative estimate of drug-likeness (QED) is 0.388. The van der Waals surface area contributed by atoms with E-state index in [4.69, 9.17) is 9.29 Å². The minimum Gasteiger partial charge on any atom is -0.870 e. The van der Waals surface area contributed by atoms with Crippen LogP contribution in [0, 0.1) is 0 Å². The Hall–Kier alpha value is 0.750. The van der Waals surface area contributed by atoms with Crippen LogP contribution in [0.15, 0.2) is 0 Å². The van der Waals surface area contributed by atoms with Crippen molar-refractivity contribution >= 4 is 10.1 Å². The van der Waals surface area contributed by atoms with Gasteiger partial charge in [0.25, 0.3) is 10.1 Å². The van der Waals surface area contributed by atoms with Gasteiger partial charge in [0.05, 0.1) is 19.3 Å². The predicted octanol–water partition coefficient (Wildman–Crippen LogP) is -4.61. The zero-order valence-corrected chi connectivity index (χ0v) is 12.1. The molecule has 9 heteroatoms. The van der Waals surface area contributed by atoms with Crippen molar-refractivity contribution in [3.8, 4) is 0 Å². The zero-order chi connectivity index (χ0) is 10.6. The van der Waals surface area contributed by atoms with Crippen molar-refractivity contribution in [3.63, 3.8) is 0 Å². The molecule has 0 spiro atoms. The second kappa shape index (κ2) is 8.78. The maximum atomic E-state index is 10.4. The molecule has 0 aliphatic carbocycles. The Balaban J connectivity index is 0. The molecule has 16 heavy (non-hydrogen) atoms. The molecule has 92 valence electrons. The van der Waals surface area contributed by atoms with Crippen LogP contribution in [0.1, 0.15) is 0 Å². The number of morpholine rings is 1. The largest absolute Gasteiger partial charge is 1.00 e. The summed E-state index contributed by atoms with van der Waals surface area (Å²) in [6, 6.07) is 0. The van der Waals surface area contributed by atoms with Crippen molar-refractivity contribution in [3.05, 3.63) is 0 Å². The molecule has 1 aliphatic heterocycles. The molecule has 3 N–H and O–H groups in total. The molecule has 0 aromatic rings. The number of rotatable bonds is 4. The van der Waals surface area contributed by atoms with E-state index in [0.717, 1.165) is 0 Å². The van der Waals surface area contributed by atoms with Crippen LogP contribution >= 0.6 is 0 Å². The van der Waals surface area contributed by atoms with Gasteiger partial charge in [0.15, 0.2) is 0 Å². The summed E-state index contributed by atoms with van der Waals surface area (Å²) in [5.41, 5.74) is 0. The molecular formula is C7H16NNaO6S. The van der Waals surface area contributed by atoms with Crippen molar-refractivity contribution in [2.75, 3.05) is 38.6 Å². The Labute approximate surface area is 117 Å². The average Bonchev–Trinajstić information content (AvgIpc) is 2.02. The minimum atomic E-state index is -4.08. The van der Waals surface area contributed by atoms with Crippen molar-refractivity contribution in [1.29, 1.82) is 0 Å². The van der Waals surface area contributed by atoms with E-state index >= 15 is 0 Å². The Bertz CT molecular complexity index is 266. The number of aliphatic hydroxyl groups excluding tert-OH is 1. The Morgan fingerprint density at radius 1 is 1.31 bits per heavy atom. The molecule has 0 radical (unpaired) electrons. The maximum absolute atomic E-state index is 10.4. The van der Waals surface area contributed by atoms with E-state index in [9.17, 15) is 13.5 Å². The minimum absolute atomic E-state index is 0. The topological polar surface area (TPSA) is 117 Å². The average molecular weight is 265 g/mol. The van der Waals surface area contributed by atoms with Crippen LogP contribution in [0.25, 0.3) is 0 Å². The third kappa shape index (κ3) is 8.85. The van der Waals surface area contributed by atoms with Gasteiger partial charge in [0.2, 0.25) is 0 Å². The molecule has 0 amide bonds. The molecule has 1 unspecified atom stereocenters. The molecule has 0 aromatic carbocycles. The monoisotopic (exact) mass is 265 g/mol. The van der Waals surface area contributed by atoms with Crippen LogP contribution in [0.5, 0.6) is 0 Å². The van der Waals surface area contributed by atoms with E-state index in [0.29, 0.717) is 26.3 Å². The van der Waals surface area contributed by atoms with Gasteiger partial charge in [-0.25, -0.2) is 0 Å². The van der Waals surface area contributed by atoms with Crippen molar-refractivity contribution in [1.82, 2.24) is 4.90 Å². The van der Waals surface area contributed by atoms with Crippen LogP contribution in [-0.2, 0) is 14.9 Å². The summed E-state index contributed by atoms with van der Waals surface area (Å²) >= 11 is 0. The standard InChI is InChI=1S/C7H15NO5S.Na.H2O/c9-7(6-14(10,11)12)5-8-1-3-13-4-2-8;;/h7,9H,1-6H2,(H,10,11,12);;1H2/q;+1;/p-1. The summed E-state index contributed by atoms with van der Waals surface area (Å²) in [5, 5.41) is 9.32. The molecule has 1 heterocycles. The predicted molar refractivity (Wildman–Crippen MR) is 51.6 cm³/mol.